The van der Waals surface area contributed by atoms with Crippen LogP contribution in [0.5, 0.6) is 0 Å². The predicted octanol–water partition coefficient (Wildman–Crippen LogP) is -0.513. The summed E-state index contributed by atoms with van der Waals surface area (Å²) in [5.41, 5.74) is -0.351. The van der Waals surface area contributed by atoms with E-state index in [4.69, 9.17) is 10.3 Å². The number of hydrogen-bond acceptors (Lipinski definition) is 4. The lowest BCUT2D eigenvalue weighted by Gasteiger charge is -2.37. The van der Waals surface area contributed by atoms with Gasteiger partial charge in [0, 0.05) is 0 Å². The molecule has 4 nitrogen and oxygen atoms in total. The van der Waals surface area contributed by atoms with Gasteiger partial charge in [-0.15, -0.1) is 0 Å². The van der Waals surface area contributed by atoms with Gasteiger partial charge in [-0.1, -0.05) is 0 Å². The van der Waals surface area contributed by atoms with Crippen molar-refractivity contribution >= 4 is 0 Å². The Morgan fingerprint density at radius 1 is 1.30 bits per heavy atom. The minimum atomic E-state index is -1.16. The second-order valence-electron chi connectivity index (χ2n) is 3.16. The summed E-state index contributed by atoms with van der Waals surface area (Å²) in [6, 6.07) is 0. The van der Waals surface area contributed by atoms with Crippen molar-refractivity contribution in [3.63, 3.8) is 0 Å². The molecular formula is C6H15NO3. The minimum absolute atomic E-state index is 0.326. The molecule has 0 saturated heterocycles. The zero-order valence-corrected chi connectivity index (χ0v) is 6.55. The molecule has 1 unspecified atom stereocenters. The average Bonchev–Trinajstić information content (AvgIpc) is 1.84. The van der Waals surface area contributed by atoms with E-state index in [1.807, 2.05) is 5.48 Å². The van der Waals surface area contributed by atoms with Crippen LogP contribution in [-0.2, 0) is 0 Å². The normalized spacial score (nSPS) is 18.6. The lowest BCUT2D eigenvalue weighted by Crippen LogP contribution is -2.59. The van der Waals surface area contributed by atoms with E-state index < -0.39 is 11.1 Å². The van der Waals surface area contributed by atoms with Crippen LogP contribution in [0.2, 0.25) is 0 Å². The molecule has 0 aliphatic carbocycles. The Morgan fingerprint density at radius 2 is 1.70 bits per heavy atom. The molecule has 1 atom stereocenters. The Balaban J connectivity index is 4.33. The maximum absolute atomic E-state index is 9.35. The highest BCUT2D eigenvalue weighted by atomic mass is 16.5. The zero-order valence-electron chi connectivity index (χ0n) is 6.55. The first-order chi connectivity index (χ1) is 4.37. The van der Waals surface area contributed by atoms with E-state index >= 15 is 0 Å². The van der Waals surface area contributed by atoms with E-state index in [0.717, 1.165) is 0 Å². The minimum Gasteiger partial charge on any atom is -0.394 e. The van der Waals surface area contributed by atoms with Gasteiger partial charge in [0.25, 0.3) is 0 Å². The summed E-state index contributed by atoms with van der Waals surface area (Å²) < 4.78 is 0. The van der Waals surface area contributed by atoms with Crippen LogP contribution >= 0.6 is 0 Å². The van der Waals surface area contributed by atoms with Crippen LogP contribution in [0.3, 0.4) is 0 Å². The first-order valence-corrected chi connectivity index (χ1v) is 3.12. The Hall–Kier alpha value is -0.160. The third-order valence-electron chi connectivity index (χ3n) is 1.91. The van der Waals surface area contributed by atoms with E-state index in [-0.39, 0.29) is 6.61 Å². The van der Waals surface area contributed by atoms with E-state index in [1.54, 1.807) is 0 Å². The number of aliphatic hydroxyl groups is 2. The van der Waals surface area contributed by atoms with Crippen LogP contribution < -0.4 is 5.48 Å². The molecule has 0 aliphatic heterocycles. The molecule has 62 valence electrons. The molecule has 0 aromatic heterocycles. The van der Waals surface area contributed by atoms with Gasteiger partial charge in [0.2, 0.25) is 0 Å². The molecule has 4 heteroatoms. The van der Waals surface area contributed by atoms with Crippen LogP contribution in [0, 0.1) is 0 Å². The second-order valence-corrected chi connectivity index (χ2v) is 3.16. The van der Waals surface area contributed by atoms with Crippen LogP contribution in [0.15, 0.2) is 0 Å². The molecular weight excluding hydrogens is 134 g/mol. The fourth-order valence-corrected chi connectivity index (χ4v) is 0.366. The molecule has 0 bridgehead atoms. The van der Waals surface area contributed by atoms with Gasteiger partial charge in [-0.2, -0.15) is 5.48 Å². The summed E-state index contributed by atoms with van der Waals surface area (Å²) in [4.78, 5) is 0. The lowest BCUT2D eigenvalue weighted by molar-refractivity contribution is -0.0950. The van der Waals surface area contributed by atoms with Crippen molar-refractivity contribution in [1.29, 1.82) is 0 Å². The molecule has 0 aromatic carbocycles. The summed E-state index contributed by atoms with van der Waals surface area (Å²) in [6.07, 6.45) is 0. The molecule has 0 heterocycles. The molecule has 0 spiro atoms. The molecule has 0 aromatic rings. The first-order valence-electron chi connectivity index (χ1n) is 3.12. The number of rotatable bonds is 3. The standard InChI is InChI=1S/C6H15NO3/c1-5(2,9)6(3,4-8)7-10/h7-10H,4H2,1-3H3. The summed E-state index contributed by atoms with van der Waals surface area (Å²) in [6.45, 7) is 4.21. The molecule has 0 saturated carbocycles. The Morgan fingerprint density at radius 3 is 1.70 bits per heavy atom. The van der Waals surface area contributed by atoms with Gasteiger partial charge in [-0.25, -0.2) is 0 Å². The van der Waals surface area contributed by atoms with Gasteiger partial charge in [-0.3, -0.25) is 0 Å². The van der Waals surface area contributed by atoms with Crippen molar-refractivity contribution in [3.8, 4) is 0 Å². The van der Waals surface area contributed by atoms with Crippen molar-refractivity contribution in [1.82, 2.24) is 5.48 Å². The number of hydrogen-bond donors (Lipinski definition) is 4. The Labute approximate surface area is 60.5 Å². The van der Waals surface area contributed by atoms with E-state index in [0.29, 0.717) is 0 Å². The van der Waals surface area contributed by atoms with Crippen molar-refractivity contribution in [2.24, 2.45) is 0 Å². The highest BCUT2D eigenvalue weighted by molar-refractivity contribution is 4.94. The van der Waals surface area contributed by atoms with Gasteiger partial charge < -0.3 is 15.4 Å². The second kappa shape index (κ2) is 2.84. The largest absolute Gasteiger partial charge is 0.394 e. The molecule has 0 aliphatic rings. The third-order valence-corrected chi connectivity index (χ3v) is 1.91. The summed E-state index contributed by atoms with van der Waals surface area (Å²) >= 11 is 0. The van der Waals surface area contributed by atoms with Gasteiger partial charge in [0.1, 0.15) is 0 Å². The fourth-order valence-electron chi connectivity index (χ4n) is 0.366. The lowest BCUT2D eigenvalue weighted by atomic mass is 9.86. The van der Waals surface area contributed by atoms with E-state index in [1.165, 1.54) is 20.8 Å². The van der Waals surface area contributed by atoms with Crippen LogP contribution in [0.25, 0.3) is 0 Å². The molecule has 0 radical (unpaired) electrons. The van der Waals surface area contributed by atoms with Crippen molar-refractivity contribution < 1.29 is 15.4 Å². The quantitative estimate of drug-likeness (QED) is 0.408. The molecule has 0 amide bonds. The number of hydroxylamine groups is 1. The van der Waals surface area contributed by atoms with Crippen molar-refractivity contribution in [2.45, 2.75) is 31.9 Å². The summed E-state index contributed by atoms with van der Waals surface area (Å²) in [7, 11) is 0. The molecule has 4 N–H and O–H groups in total. The fraction of sp³-hybridized carbons (Fsp3) is 1.00. The monoisotopic (exact) mass is 149 g/mol. The third kappa shape index (κ3) is 1.67. The molecule has 10 heavy (non-hydrogen) atoms. The van der Waals surface area contributed by atoms with Gasteiger partial charge in [0.05, 0.1) is 17.7 Å². The predicted molar refractivity (Wildman–Crippen MR) is 36.7 cm³/mol. The highest BCUT2D eigenvalue weighted by Gasteiger charge is 2.38. The highest BCUT2D eigenvalue weighted by Crippen LogP contribution is 2.19. The van der Waals surface area contributed by atoms with Gasteiger partial charge in [-0.05, 0) is 20.8 Å². The molecule has 0 fully saturated rings. The Kier molecular flexibility index (Phi) is 2.79. The SMILES string of the molecule is CC(C)(O)C(C)(CO)NO. The van der Waals surface area contributed by atoms with Crippen molar-refractivity contribution in [2.75, 3.05) is 6.61 Å². The van der Waals surface area contributed by atoms with E-state index in [9.17, 15) is 5.11 Å². The Bertz CT molecular complexity index is 104. The first kappa shape index (κ1) is 9.84. The van der Waals surface area contributed by atoms with Crippen molar-refractivity contribution in [3.05, 3.63) is 0 Å². The van der Waals surface area contributed by atoms with Crippen LogP contribution in [0.1, 0.15) is 20.8 Å². The zero-order chi connectivity index (χ0) is 8.41. The maximum atomic E-state index is 9.35. The number of nitrogens with one attached hydrogen (secondary N) is 1. The van der Waals surface area contributed by atoms with E-state index in [2.05, 4.69) is 0 Å². The smallest absolute Gasteiger partial charge is 0.0912 e. The van der Waals surface area contributed by atoms with Crippen LogP contribution in [-0.4, -0.2) is 33.2 Å². The van der Waals surface area contributed by atoms with Gasteiger partial charge in [0.15, 0.2) is 0 Å². The number of aliphatic hydroxyl groups excluding tert-OH is 1. The van der Waals surface area contributed by atoms with Crippen LogP contribution in [0.4, 0.5) is 0 Å². The maximum Gasteiger partial charge on any atom is 0.0912 e. The average molecular weight is 149 g/mol. The van der Waals surface area contributed by atoms with Gasteiger partial charge >= 0.3 is 0 Å². The topological polar surface area (TPSA) is 72.7 Å². The summed E-state index contributed by atoms with van der Waals surface area (Å²) in [5.74, 6) is 0. The molecule has 0 rings (SSSR count). The summed E-state index contributed by atoms with van der Waals surface area (Å²) in [5, 5.41) is 26.6.